The minimum atomic E-state index is -4.68. The minimum absolute atomic E-state index is 0.0214. The number of rotatable bonds is 6. The molecule has 220 valence electrons. The molecule has 2 aliphatic rings. The lowest BCUT2D eigenvalue weighted by molar-refractivity contribution is -0.145. The summed E-state index contributed by atoms with van der Waals surface area (Å²) >= 11 is -1.47. The number of aliphatic carboxylic acids is 1. The first kappa shape index (κ1) is 28.4. The van der Waals surface area contributed by atoms with E-state index < -0.39 is 35.2 Å². The molecule has 0 saturated carbocycles. The molecule has 0 radical (unpaired) electrons. The van der Waals surface area contributed by atoms with Gasteiger partial charge >= 0.3 is 12.1 Å². The molecule has 9 nitrogen and oxygen atoms in total. The highest BCUT2D eigenvalue weighted by molar-refractivity contribution is 7.89. The van der Waals surface area contributed by atoms with Gasteiger partial charge in [-0.25, -0.2) is 4.98 Å². The van der Waals surface area contributed by atoms with E-state index in [9.17, 15) is 27.6 Å². The van der Waals surface area contributed by atoms with Crippen molar-refractivity contribution in [3.63, 3.8) is 0 Å². The van der Waals surface area contributed by atoms with Gasteiger partial charge in [0.05, 0.1) is 36.4 Å². The third-order valence-electron chi connectivity index (χ3n) is 8.47. The molecule has 0 spiro atoms. The summed E-state index contributed by atoms with van der Waals surface area (Å²) in [5.41, 5.74) is 3.32. The number of aromatic nitrogens is 4. The molecular formula is C29H29F3N6O3S. The van der Waals surface area contributed by atoms with Gasteiger partial charge < -0.3 is 14.6 Å². The number of benzene rings is 1. The average molecular weight is 599 g/mol. The van der Waals surface area contributed by atoms with E-state index in [0.717, 1.165) is 34.3 Å². The fourth-order valence-electron chi connectivity index (χ4n) is 6.06. The molecule has 1 fully saturated rings. The molecule has 3 atom stereocenters. The highest BCUT2D eigenvalue weighted by atomic mass is 32.2. The molecule has 0 aliphatic carbocycles. The highest BCUT2D eigenvalue weighted by Crippen LogP contribution is 2.43. The van der Waals surface area contributed by atoms with Crippen molar-refractivity contribution in [2.75, 3.05) is 18.0 Å². The Morgan fingerprint density at radius 2 is 2.00 bits per heavy atom. The molecule has 42 heavy (non-hydrogen) atoms. The number of carboxylic acid groups (broad SMARTS) is 1. The number of pyridine rings is 2. The summed E-state index contributed by atoms with van der Waals surface area (Å²) in [7, 11) is 0. The van der Waals surface area contributed by atoms with Crippen molar-refractivity contribution in [3.05, 3.63) is 82.4 Å². The number of aryl methyl sites for hydroxylation is 2. The van der Waals surface area contributed by atoms with Crippen LogP contribution in [0.3, 0.4) is 0 Å². The Bertz CT molecular complexity index is 1700. The topological polar surface area (TPSA) is 110 Å². The normalized spacial score (nSPS) is 21.4. The van der Waals surface area contributed by atoms with Crippen molar-refractivity contribution in [1.29, 1.82) is 0 Å². The Hall–Kier alpha value is -3.68. The SMILES string of the molecule is Cc1ccc(C(CC(=O)O)c2ccn3c(C(F)(F)F)nnc3c2C)cc1CN1CC2(C)CCN2c2ncccc2[S+]1[O-]. The van der Waals surface area contributed by atoms with Crippen LogP contribution < -0.4 is 4.90 Å². The molecule has 1 N–H and O–H groups in total. The van der Waals surface area contributed by atoms with E-state index in [1.807, 2.05) is 35.5 Å². The summed E-state index contributed by atoms with van der Waals surface area (Å²) in [5, 5.41) is 16.9. The molecule has 3 unspecified atom stereocenters. The molecule has 0 bridgehead atoms. The predicted molar refractivity (Wildman–Crippen MR) is 149 cm³/mol. The third-order valence-corrected chi connectivity index (χ3v) is 9.89. The maximum atomic E-state index is 13.8. The lowest BCUT2D eigenvalue weighted by Gasteiger charge is -2.50. The fourth-order valence-corrected chi connectivity index (χ4v) is 7.51. The van der Waals surface area contributed by atoms with E-state index in [1.165, 1.54) is 12.3 Å². The highest BCUT2D eigenvalue weighted by Gasteiger charge is 2.50. The maximum absolute atomic E-state index is 13.8. The molecule has 1 saturated heterocycles. The van der Waals surface area contributed by atoms with Crippen LogP contribution >= 0.6 is 0 Å². The molecule has 3 aromatic heterocycles. The van der Waals surface area contributed by atoms with Gasteiger partial charge in [-0.15, -0.1) is 14.5 Å². The number of carbonyl (C=O) groups is 1. The van der Waals surface area contributed by atoms with E-state index in [4.69, 9.17) is 0 Å². The van der Waals surface area contributed by atoms with Crippen LogP contribution in [0.5, 0.6) is 0 Å². The molecule has 6 rings (SSSR count). The van der Waals surface area contributed by atoms with E-state index in [-0.39, 0.29) is 17.6 Å². The van der Waals surface area contributed by atoms with E-state index >= 15 is 0 Å². The Labute approximate surface area is 243 Å². The zero-order valence-electron chi connectivity index (χ0n) is 23.2. The second-order valence-corrected chi connectivity index (χ2v) is 12.7. The number of hydrogen-bond acceptors (Lipinski definition) is 7. The van der Waals surface area contributed by atoms with Gasteiger partial charge in [-0.3, -0.25) is 9.20 Å². The van der Waals surface area contributed by atoms with Gasteiger partial charge in [0, 0.05) is 30.9 Å². The first-order chi connectivity index (χ1) is 19.9. The van der Waals surface area contributed by atoms with Crippen molar-refractivity contribution in [2.24, 2.45) is 0 Å². The number of carboxylic acids is 1. The number of halogens is 3. The maximum Gasteiger partial charge on any atom is 0.452 e. The monoisotopic (exact) mass is 598 g/mol. The van der Waals surface area contributed by atoms with E-state index in [1.54, 1.807) is 19.2 Å². The summed E-state index contributed by atoms with van der Waals surface area (Å²) in [6.07, 6.45) is -1.07. The third kappa shape index (κ3) is 4.78. The van der Waals surface area contributed by atoms with Crippen LogP contribution in [0.25, 0.3) is 5.65 Å². The number of anilines is 1. The minimum Gasteiger partial charge on any atom is -0.593 e. The van der Waals surface area contributed by atoms with Gasteiger partial charge in [-0.2, -0.15) is 13.2 Å². The Balaban J connectivity index is 1.38. The second-order valence-electron chi connectivity index (χ2n) is 11.2. The van der Waals surface area contributed by atoms with Crippen molar-refractivity contribution >= 4 is 28.8 Å². The van der Waals surface area contributed by atoms with E-state index in [0.29, 0.717) is 34.7 Å². The summed E-state index contributed by atoms with van der Waals surface area (Å²) in [6, 6.07) is 10.8. The van der Waals surface area contributed by atoms with Gasteiger partial charge in [-0.1, -0.05) is 18.2 Å². The fraction of sp³-hybridized carbons (Fsp3) is 0.379. The van der Waals surface area contributed by atoms with Crippen molar-refractivity contribution in [1.82, 2.24) is 23.9 Å². The summed E-state index contributed by atoms with van der Waals surface area (Å²) in [4.78, 5) is 19.4. The second kappa shape index (κ2) is 10.2. The van der Waals surface area contributed by atoms with Crippen LogP contribution in [0, 0.1) is 13.8 Å². The smallest absolute Gasteiger partial charge is 0.452 e. The van der Waals surface area contributed by atoms with Crippen molar-refractivity contribution in [2.45, 2.75) is 62.7 Å². The van der Waals surface area contributed by atoms with Crippen molar-refractivity contribution < 1.29 is 27.6 Å². The van der Waals surface area contributed by atoms with Gasteiger partial charge in [0.1, 0.15) is 0 Å². The number of hydrogen-bond donors (Lipinski definition) is 1. The van der Waals surface area contributed by atoms with Crippen LogP contribution in [0.1, 0.15) is 59.3 Å². The van der Waals surface area contributed by atoms with Crippen LogP contribution in [0.2, 0.25) is 0 Å². The zero-order valence-corrected chi connectivity index (χ0v) is 24.0. The molecule has 4 aromatic rings. The molecule has 2 aliphatic heterocycles. The van der Waals surface area contributed by atoms with Crippen LogP contribution in [-0.2, 0) is 28.9 Å². The first-order valence-corrected chi connectivity index (χ1v) is 14.6. The van der Waals surface area contributed by atoms with Crippen LogP contribution in [0.4, 0.5) is 19.0 Å². The largest absolute Gasteiger partial charge is 0.593 e. The molecule has 0 amide bonds. The summed E-state index contributed by atoms with van der Waals surface area (Å²) in [6.45, 7) is 7.48. The van der Waals surface area contributed by atoms with E-state index in [2.05, 4.69) is 27.0 Å². The van der Waals surface area contributed by atoms with Gasteiger partial charge in [0.25, 0.3) is 0 Å². The molecule has 1 aromatic carbocycles. The number of fused-ring (bicyclic) bond motifs is 4. The lowest BCUT2D eigenvalue weighted by Crippen LogP contribution is -2.62. The Morgan fingerprint density at radius 1 is 1.21 bits per heavy atom. The Morgan fingerprint density at radius 3 is 2.69 bits per heavy atom. The van der Waals surface area contributed by atoms with Gasteiger partial charge in [0.15, 0.2) is 11.5 Å². The molecular weight excluding hydrogens is 569 g/mol. The average Bonchev–Trinajstić information content (AvgIpc) is 3.36. The zero-order chi connectivity index (χ0) is 30.0. The molecule has 5 heterocycles. The van der Waals surface area contributed by atoms with Gasteiger partial charge in [-0.05, 0) is 67.1 Å². The van der Waals surface area contributed by atoms with Gasteiger partial charge in [0.2, 0.25) is 10.7 Å². The van der Waals surface area contributed by atoms with Crippen molar-refractivity contribution in [3.8, 4) is 0 Å². The number of nitrogens with zero attached hydrogens (tertiary/aromatic N) is 6. The summed E-state index contributed by atoms with van der Waals surface area (Å²) in [5.74, 6) is -2.10. The van der Waals surface area contributed by atoms with Crippen LogP contribution in [-0.4, -0.2) is 58.1 Å². The summed E-state index contributed by atoms with van der Waals surface area (Å²) < 4.78 is 56.9. The Kier molecular flexibility index (Phi) is 6.94. The molecule has 13 heteroatoms. The quantitative estimate of drug-likeness (QED) is 0.313. The predicted octanol–water partition coefficient (Wildman–Crippen LogP) is 4.87. The first-order valence-electron chi connectivity index (χ1n) is 13.5. The number of alkyl halides is 3. The van der Waals surface area contributed by atoms with Crippen LogP contribution in [0.15, 0.2) is 53.7 Å². The lowest BCUT2D eigenvalue weighted by atomic mass is 9.85. The standard InChI is InChI=1S/C29H29F3N6O3S/c1-17-6-7-19(22(14-24(39)40)21-8-11-37-25(18(21)2)34-35-27(37)29(30,31)32)13-20(17)15-36-16-28(3)9-12-38(28)26-23(42(36)41)5-4-10-33-26/h4-8,10-11,13,22H,9,12,14-16H2,1-3H3,(H,39,40).